The van der Waals surface area contributed by atoms with Crippen LogP contribution in [0.3, 0.4) is 0 Å². The molecule has 5 heteroatoms. The van der Waals surface area contributed by atoms with Gasteiger partial charge in [-0.1, -0.05) is 30.3 Å². The molecule has 0 saturated heterocycles. The number of nitro benzene ring substituents is 1. The van der Waals surface area contributed by atoms with Crippen LogP contribution in [0.2, 0.25) is 0 Å². The summed E-state index contributed by atoms with van der Waals surface area (Å²) in [5.74, 6) is -1.27. The molecule has 0 heterocycles. The molecule has 0 aliphatic rings. The molecule has 2 rings (SSSR count). The fourth-order valence-electron chi connectivity index (χ4n) is 1.72. The maximum Gasteiger partial charge on any atom is 0.272 e. The van der Waals surface area contributed by atoms with Crippen molar-refractivity contribution in [2.24, 2.45) is 0 Å². The maximum absolute atomic E-state index is 13.6. The number of hydrogen-bond acceptors (Lipinski definition) is 3. The molecule has 0 amide bonds. The van der Waals surface area contributed by atoms with Crippen molar-refractivity contribution in [3.63, 3.8) is 0 Å². The van der Waals surface area contributed by atoms with Crippen molar-refractivity contribution >= 4 is 11.5 Å². The summed E-state index contributed by atoms with van der Waals surface area (Å²) in [5, 5.41) is 10.5. The van der Waals surface area contributed by atoms with E-state index in [1.54, 1.807) is 24.3 Å². The van der Waals surface area contributed by atoms with Crippen molar-refractivity contribution in [1.29, 1.82) is 0 Å². The second kappa shape index (κ2) is 5.39. The van der Waals surface area contributed by atoms with Gasteiger partial charge in [-0.05, 0) is 11.6 Å². The number of carbonyl (C=O) groups excluding carboxylic acids is 1. The predicted molar refractivity (Wildman–Crippen MR) is 67.5 cm³/mol. The van der Waals surface area contributed by atoms with Gasteiger partial charge in [0, 0.05) is 12.5 Å². The number of non-ortho nitro benzene ring substituents is 1. The molecule has 2 aromatic carbocycles. The van der Waals surface area contributed by atoms with Gasteiger partial charge in [-0.25, -0.2) is 4.39 Å². The van der Waals surface area contributed by atoms with Crippen molar-refractivity contribution in [3.8, 4) is 0 Å². The van der Waals surface area contributed by atoms with Gasteiger partial charge in [0.15, 0.2) is 5.78 Å². The third kappa shape index (κ3) is 3.01. The lowest BCUT2D eigenvalue weighted by Crippen LogP contribution is -2.06. The minimum absolute atomic E-state index is 0.0651. The number of nitro groups is 1. The van der Waals surface area contributed by atoms with E-state index in [1.807, 2.05) is 6.07 Å². The molecule has 2 aromatic rings. The number of rotatable bonds is 4. The Labute approximate surface area is 108 Å². The minimum atomic E-state index is -0.866. The lowest BCUT2D eigenvalue weighted by atomic mass is 10.0. The van der Waals surface area contributed by atoms with Gasteiger partial charge in [0.25, 0.3) is 5.69 Å². The third-order valence-corrected chi connectivity index (χ3v) is 2.67. The highest BCUT2D eigenvalue weighted by Crippen LogP contribution is 2.18. The van der Waals surface area contributed by atoms with Crippen LogP contribution in [0, 0.1) is 15.9 Å². The molecule has 0 N–H and O–H groups in total. The molecule has 0 aromatic heterocycles. The highest BCUT2D eigenvalue weighted by Gasteiger charge is 2.16. The normalized spacial score (nSPS) is 10.2. The van der Waals surface area contributed by atoms with E-state index < -0.39 is 16.5 Å². The van der Waals surface area contributed by atoms with Gasteiger partial charge in [0.2, 0.25) is 0 Å². The summed E-state index contributed by atoms with van der Waals surface area (Å²) in [5.41, 5.74) is 0.272. The number of halogens is 1. The Morgan fingerprint density at radius 1 is 1.16 bits per heavy atom. The summed E-state index contributed by atoms with van der Waals surface area (Å²) in [4.78, 5) is 21.7. The molecular weight excluding hydrogens is 249 g/mol. The van der Waals surface area contributed by atoms with Crippen LogP contribution in [-0.2, 0) is 6.42 Å². The first-order valence-electron chi connectivity index (χ1n) is 5.59. The highest BCUT2D eigenvalue weighted by molar-refractivity contribution is 5.97. The number of nitrogens with zero attached hydrogens (tertiary/aromatic N) is 1. The molecule has 0 radical (unpaired) electrons. The van der Waals surface area contributed by atoms with Crippen LogP contribution in [0.4, 0.5) is 10.1 Å². The Morgan fingerprint density at radius 3 is 2.42 bits per heavy atom. The third-order valence-electron chi connectivity index (χ3n) is 2.67. The molecule has 0 aliphatic heterocycles. The molecule has 96 valence electrons. The molecule has 0 unspecified atom stereocenters. The zero-order chi connectivity index (χ0) is 13.8. The topological polar surface area (TPSA) is 60.2 Å². The zero-order valence-corrected chi connectivity index (χ0v) is 9.88. The van der Waals surface area contributed by atoms with Crippen molar-refractivity contribution in [2.75, 3.05) is 0 Å². The first-order valence-corrected chi connectivity index (χ1v) is 5.59. The molecule has 0 atom stereocenters. The van der Waals surface area contributed by atoms with Gasteiger partial charge < -0.3 is 0 Å². The van der Waals surface area contributed by atoms with Crippen LogP contribution >= 0.6 is 0 Å². The predicted octanol–water partition coefficient (Wildman–Crippen LogP) is 3.16. The smallest absolute Gasteiger partial charge is 0.272 e. The van der Waals surface area contributed by atoms with Crippen molar-refractivity contribution in [3.05, 3.63) is 75.6 Å². The van der Waals surface area contributed by atoms with Gasteiger partial charge in [-0.3, -0.25) is 14.9 Å². The molecule has 0 aliphatic carbocycles. The molecular formula is C14H10FNO3. The summed E-state index contributed by atoms with van der Waals surface area (Å²) in [6.07, 6.45) is 0.0651. The summed E-state index contributed by atoms with van der Waals surface area (Å²) in [7, 11) is 0. The summed E-state index contributed by atoms with van der Waals surface area (Å²) in [6.45, 7) is 0. The SMILES string of the molecule is O=C(Cc1ccccc1)c1ccc([N+](=O)[O-])cc1F. The number of carbonyl (C=O) groups is 1. The Balaban J connectivity index is 2.22. The van der Waals surface area contributed by atoms with Crippen LogP contribution in [0.1, 0.15) is 15.9 Å². The highest BCUT2D eigenvalue weighted by atomic mass is 19.1. The number of Topliss-reactive ketones (excluding diaryl/α,β-unsaturated/α-hetero) is 1. The largest absolute Gasteiger partial charge is 0.294 e. The monoisotopic (exact) mass is 259 g/mol. The Morgan fingerprint density at radius 2 is 1.84 bits per heavy atom. The van der Waals surface area contributed by atoms with E-state index in [9.17, 15) is 19.3 Å². The fraction of sp³-hybridized carbons (Fsp3) is 0.0714. The average Bonchev–Trinajstić information content (AvgIpc) is 2.39. The Bertz CT molecular complexity index is 626. The Hall–Kier alpha value is -2.56. The molecule has 19 heavy (non-hydrogen) atoms. The number of hydrogen-bond donors (Lipinski definition) is 0. The second-order valence-corrected chi connectivity index (χ2v) is 4.01. The maximum atomic E-state index is 13.6. The molecule has 0 spiro atoms. The minimum Gasteiger partial charge on any atom is -0.294 e. The van der Waals surface area contributed by atoms with Crippen LogP contribution in [0.15, 0.2) is 48.5 Å². The first-order chi connectivity index (χ1) is 9.08. The van der Waals surface area contributed by atoms with E-state index in [2.05, 4.69) is 0 Å². The standard InChI is InChI=1S/C14H10FNO3/c15-13-9-11(16(18)19)6-7-12(13)14(17)8-10-4-2-1-3-5-10/h1-7,9H,8H2. The number of benzene rings is 2. The van der Waals surface area contributed by atoms with Crippen molar-refractivity contribution in [1.82, 2.24) is 0 Å². The van der Waals surface area contributed by atoms with E-state index in [1.165, 1.54) is 0 Å². The van der Waals surface area contributed by atoms with Crippen LogP contribution in [0.5, 0.6) is 0 Å². The quantitative estimate of drug-likeness (QED) is 0.481. The average molecular weight is 259 g/mol. The summed E-state index contributed by atoms with van der Waals surface area (Å²) >= 11 is 0. The van der Waals surface area contributed by atoms with E-state index in [-0.39, 0.29) is 17.7 Å². The van der Waals surface area contributed by atoms with Crippen LogP contribution in [0.25, 0.3) is 0 Å². The lowest BCUT2D eigenvalue weighted by molar-refractivity contribution is -0.385. The van der Waals surface area contributed by atoms with Gasteiger partial charge in [0.1, 0.15) is 5.82 Å². The van der Waals surface area contributed by atoms with E-state index in [0.29, 0.717) is 0 Å². The van der Waals surface area contributed by atoms with Gasteiger partial charge in [-0.15, -0.1) is 0 Å². The second-order valence-electron chi connectivity index (χ2n) is 4.01. The van der Waals surface area contributed by atoms with Crippen LogP contribution in [-0.4, -0.2) is 10.7 Å². The lowest BCUT2D eigenvalue weighted by Gasteiger charge is -2.03. The summed E-state index contributed by atoms with van der Waals surface area (Å²) in [6, 6.07) is 12.0. The zero-order valence-electron chi connectivity index (χ0n) is 9.88. The molecule has 0 fully saturated rings. The van der Waals surface area contributed by atoms with Crippen molar-refractivity contribution < 1.29 is 14.1 Å². The van der Waals surface area contributed by atoms with E-state index in [0.717, 1.165) is 23.8 Å². The molecule has 0 bridgehead atoms. The van der Waals surface area contributed by atoms with Crippen LogP contribution < -0.4 is 0 Å². The summed E-state index contributed by atoms with van der Waals surface area (Å²) < 4.78 is 13.6. The van der Waals surface area contributed by atoms with Crippen molar-refractivity contribution in [2.45, 2.75) is 6.42 Å². The Kier molecular flexibility index (Phi) is 3.66. The molecule has 0 saturated carbocycles. The number of ketones is 1. The van der Waals surface area contributed by atoms with E-state index >= 15 is 0 Å². The van der Waals surface area contributed by atoms with E-state index in [4.69, 9.17) is 0 Å². The van der Waals surface area contributed by atoms with Gasteiger partial charge in [-0.2, -0.15) is 0 Å². The fourth-order valence-corrected chi connectivity index (χ4v) is 1.72. The van der Waals surface area contributed by atoms with Gasteiger partial charge >= 0.3 is 0 Å². The van der Waals surface area contributed by atoms with Gasteiger partial charge in [0.05, 0.1) is 16.6 Å². The first kappa shape index (κ1) is 12.9. The molecule has 4 nitrogen and oxygen atoms in total.